The van der Waals surface area contributed by atoms with E-state index in [1.165, 1.54) is 7.11 Å². The second kappa shape index (κ2) is 8.23. The first-order valence-electron chi connectivity index (χ1n) is 5.19. The molecule has 0 bridgehead atoms. The summed E-state index contributed by atoms with van der Waals surface area (Å²) in [7, 11) is 1.30. The Bertz CT molecular complexity index is 207. The van der Waals surface area contributed by atoms with Crippen molar-refractivity contribution in [3.05, 3.63) is 0 Å². The summed E-state index contributed by atoms with van der Waals surface area (Å²) >= 11 is 0. The standard InChI is InChI=1S/C10H20N2O3/c1-8(10(14)15-2)12-9(13)6-4-3-5-7-11/h8H,3-7,11H2,1-2H3,(H,12,13)/t8-/m0/s1. The number of unbranched alkanes of at least 4 members (excludes halogenated alkanes) is 2. The van der Waals surface area contributed by atoms with Crippen molar-refractivity contribution < 1.29 is 14.3 Å². The average Bonchev–Trinajstić information content (AvgIpc) is 2.23. The molecule has 0 radical (unpaired) electrons. The van der Waals surface area contributed by atoms with Gasteiger partial charge in [-0.25, -0.2) is 4.79 Å². The molecule has 5 nitrogen and oxygen atoms in total. The van der Waals surface area contributed by atoms with Crippen molar-refractivity contribution in [3.8, 4) is 0 Å². The number of nitrogens with one attached hydrogen (secondary N) is 1. The Morgan fingerprint density at radius 1 is 1.33 bits per heavy atom. The third-order valence-corrected chi connectivity index (χ3v) is 2.04. The van der Waals surface area contributed by atoms with Crippen LogP contribution in [-0.4, -0.2) is 31.6 Å². The first-order chi connectivity index (χ1) is 7.11. The molecule has 0 aromatic rings. The minimum Gasteiger partial charge on any atom is -0.467 e. The van der Waals surface area contributed by atoms with Crippen LogP contribution >= 0.6 is 0 Å². The lowest BCUT2D eigenvalue weighted by Gasteiger charge is -2.11. The van der Waals surface area contributed by atoms with Crippen LogP contribution in [0.4, 0.5) is 0 Å². The normalized spacial score (nSPS) is 11.9. The first-order valence-corrected chi connectivity index (χ1v) is 5.19. The highest BCUT2D eigenvalue weighted by Gasteiger charge is 2.14. The zero-order chi connectivity index (χ0) is 11.7. The molecule has 0 saturated carbocycles. The van der Waals surface area contributed by atoms with Gasteiger partial charge in [-0.3, -0.25) is 4.79 Å². The van der Waals surface area contributed by atoms with Crippen LogP contribution in [0.5, 0.6) is 0 Å². The zero-order valence-electron chi connectivity index (χ0n) is 9.41. The zero-order valence-corrected chi connectivity index (χ0v) is 9.41. The summed E-state index contributed by atoms with van der Waals surface area (Å²) in [4.78, 5) is 22.3. The fourth-order valence-electron chi connectivity index (χ4n) is 1.16. The maximum Gasteiger partial charge on any atom is 0.328 e. The van der Waals surface area contributed by atoms with Gasteiger partial charge in [0.05, 0.1) is 7.11 Å². The van der Waals surface area contributed by atoms with Crippen molar-refractivity contribution in [2.24, 2.45) is 5.73 Å². The number of hydrogen-bond donors (Lipinski definition) is 2. The molecule has 15 heavy (non-hydrogen) atoms. The number of ether oxygens (including phenoxy) is 1. The summed E-state index contributed by atoms with van der Waals surface area (Å²) in [6, 6.07) is -0.572. The summed E-state index contributed by atoms with van der Waals surface area (Å²) in [6.45, 7) is 2.25. The molecule has 0 saturated heterocycles. The molecule has 5 heteroatoms. The number of hydrogen-bond acceptors (Lipinski definition) is 4. The highest BCUT2D eigenvalue weighted by molar-refractivity contribution is 5.83. The molecule has 1 atom stereocenters. The average molecular weight is 216 g/mol. The van der Waals surface area contributed by atoms with Gasteiger partial charge in [0.15, 0.2) is 0 Å². The lowest BCUT2D eigenvalue weighted by molar-refractivity contribution is -0.144. The van der Waals surface area contributed by atoms with Gasteiger partial charge in [0.1, 0.15) is 6.04 Å². The van der Waals surface area contributed by atoms with Gasteiger partial charge in [0.2, 0.25) is 5.91 Å². The van der Waals surface area contributed by atoms with E-state index >= 15 is 0 Å². The molecule has 0 rings (SSSR count). The number of esters is 1. The van der Waals surface area contributed by atoms with E-state index in [9.17, 15) is 9.59 Å². The van der Waals surface area contributed by atoms with E-state index in [0.717, 1.165) is 19.3 Å². The molecular formula is C10H20N2O3. The van der Waals surface area contributed by atoms with Crippen molar-refractivity contribution in [1.82, 2.24) is 5.32 Å². The Balaban J connectivity index is 3.60. The van der Waals surface area contributed by atoms with Gasteiger partial charge in [-0.05, 0) is 26.3 Å². The molecular weight excluding hydrogens is 196 g/mol. The van der Waals surface area contributed by atoms with E-state index in [1.54, 1.807) is 6.92 Å². The van der Waals surface area contributed by atoms with Crippen LogP contribution < -0.4 is 11.1 Å². The van der Waals surface area contributed by atoms with Gasteiger partial charge >= 0.3 is 5.97 Å². The second-order valence-electron chi connectivity index (χ2n) is 3.41. The molecule has 88 valence electrons. The van der Waals surface area contributed by atoms with Gasteiger partial charge in [0.25, 0.3) is 0 Å². The molecule has 0 aliphatic rings. The predicted octanol–water partition coefficient (Wildman–Crippen LogP) is 0.183. The molecule has 0 unspecified atom stereocenters. The number of methoxy groups -OCH3 is 1. The summed E-state index contributed by atoms with van der Waals surface area (Å²) < 4.78 is 4.49. The Morgan fingerprint density at radius 2 is 2.00 bits per heavy atom. The molecule has 1 amide bonds. The van der Waals surface area contributed by atoms with E-state index < -0.39 is 12.0 Å². The van der Waals surface area contributed by atoms with Crippen molar-refractivity contribution >= 4 is 11.9 Å². The largest absolute Gasteiger partial charge is 0.467 e. The topological polar surface area (TPSA) is 81.4 Å². The highest BCUT2D eigenvalue weighted by atomic mass is 16.5. The third kappa shape index (κ3) is 6.90. The minimum atomic E-state index is -0.572. The van der Waals surface area contributed by atoms with Gasteiger partial charge in [-0.15, -0.1) is 0 Å². The summed E-state index contributed by atoms with van der Waals surface area (Å²) in [5.74, 6) is -0.546. The van der Waals surface area contributed by atoms with Crippen molar-refractivity contribution in [2.75, 3.05) is 13.7 Å². The molecule has 0 heterocycles. The number of rotatable bonds is 7. The number of carbonyl (C=O) groups excluding carboxylic acids is 2. The summed E-state index contributed by atoms with van der Waals surface area (Å²) in [5, 5.41) is 2.56. The van der Waals surface area contributed by atoms with E-state index in [2.05, 4.69) is 10.1 Å². The van der Waals surface area contributed by atoms with E-state index in [1.807, 2.05) is 0 Å². The van der Waals surface area contributed by atoms with Crippen molar-refractivity contribution in [3.63, 3.8) is 0 Å². The van der Waals surface area contributed by atoms with Crippen LogP contribution in [0.15, 0.2) is 0 Å². The van der Waals surface area contributed by atoms with Crippen molar-refractivity contribution in [1.29, 1.82) is 0 Å². The Labute approximate surface area is 90.4 Å². The minimum absolute atomic E-state index is 0.120. The molecule has 0 spiro atoms. The maximum absolute atomic E-state index is 11.3. The number of carbonyl (C=O) groups is 2. The van der Waals surface area contributed by atoms with Gasteiger partial charge in [-0.1, -0.05) is 6.42 Å². The van der Waals surface area contributed by atoms with E-state index in [-0.39, 0.29) is 5.91 Å². The summed E-state index contributed by atoms with van der Waals surface area (Å²) in [5.41, 5.74) is 5.32. The molecule has 0 aromatic heterocycles. The van der Waals surface area contributed by atoms with E-state index in [0.29, 0.717) is 13.0 Å². The third-order valence-electron chi connectivity index (χ3n) is 2.04. The molecule has 0 aliphatic carbocycles. The Kier molecular flexibility index (Phi) is 7.62. The van der Waals surface area contributed by atoms with Crippen LogP contribution in [0.1, 0.15) is 32.6 Å². The van der Waals surface area contributed by atoms with Gasteiger partial charge in [-0.2, -0.15) is 0 Å². The lowest BCUT2D eigenvalue weighted by atomic mass is 10.2. The Morgan fingerprint density at radius 3 is 2.53 bits per heavy atom. The SMILES string of the molecule is COC(=O)[C@H](C)NC(=O)CCCCCN. The van der Waals surface area contributed by atoms with Crippen LogP contribution in [0.2, 0.25) is 0 Å². The fraction of sp³-hybridized carbons (Fsp3) is 0.800. The highest BCUT2D eigenvalue weighted by Crippen LogP contribution is 1.99. The van der Waals surface area contributed by atoms with Crippen molar-refractivity contribution in [2.45, 2.75) is 38.6 Å². The Hall–Kier alpha value is -1.10. The lowest BCUT2D eigenvalue weighted by Crippen LogP contribution is -2.39. The van der Waals surface area contributed by atoms with E-state index in [4.69, 9.17) is 5.73 Å². The van der Waals surface area contributed by atoms with Crippen LogP contribution in [0.3, 0.4) is 0 Å². The molecule has 0 aliphatic heterocycles. The fourth-order valence-corrected chi connectivity index (χ4v) is 1.16. The van der Waals surface area contributed by atoms with Gasteiger partial charge in [0, 0.05) is 6.42 Å². The molecule has 0 aromatic carbocycles. The van der Waals surface area contributed by atoms with Crippen LogP contribution in [0.25, 0.3) is 0 Å². The predicted molar refractivity (Wildman–Crippen MR) is 57.1 cm³/mol. The monoisotopic (exact) mass is 216 g/mol. The molecule has 3 N–H and O–H groups in total. The van der Waals surface area contributed by atoms with Gasteiger partial charge < -0.3 is 15.8 Å². The number of amides is 1. The quantitative estimate of drug-likeness (QED) is 0.470. The van der Waals surface area contributed by atoms with Crippen LogP contribution in [-0.2, 0) is 14.3 Å². The second-order valence-corrected chi connectivity index (χ2v) is 3.41. The summed E-state index contributed by atoms with van der Waals surface area (Å²) in [6.07, 6.45) is 3.11. The molecule has 0 fully saturated rings. The first kappa shape index (κ1) is 13.9. The number of nitrogens with two attached hydrogens (primary N) is 1. The smallest absolute Gasteiger partial charge is 0.328 e. The van der Waals surface area contributed by atoms with Crippen LogP contribution in [0, 0.1) is 0 Å². The maximum atomic E-state index is 11.3.